The Balaban J connectivity index is 2.56. The lowest BCUT2D eigenvalue weighted by Gasteiger charge is -2.32. The number of hydrogen-bond acceptors (Lipinski definition) is 4. The third-order valence-corrected chi connectivity index (χ3v) is 4.00. The predicted octanol–water partition coefficient (Wildman–Crippen LogP) is 1.75. The van der Waals surface area contributed by atoms with E-state index in [1.54, 1.807) is 0 Å². The molecule has 0 radical (unpaired) electrons. The van der Waals surface area contributed by atoms with Crippen molar-refractivity contribution in [2.45, 2.75) is 24.8 Å². The van der Waals surface area contributed by atoms with Crippen LogP contribution in [0.4, 0.5) is 5.69 Å². The average molecular weight is 290 g/mol. The largest absolute Gasteiger partial charge is 0.487 e. The first-order chi connectivity index (χ1) is 8.29. The average Bonchev–Trinajstić information content (AvgIpc) is 2.25. The molecule has 0 aromatic heterocycles. The number of anilines is 1. The van der Waals surface area contributed by atoms with E-state index in [0.29, 0.717) is 18.0 Å². The summed E-state index contributed by atoms with van der Waals surface area (Å²) >= 11 is 0. The third-order valence-electron chi connectivity index (χ3n) is 2.65. The van der Waals surface area contributed by atoms with Crippen molar-refractivity contribution in [3.05, 3.63) is 18.2 Å². The zero-order valence-corrected chi connectivity index (χ0v) is 11.5. The van der Waals surface area contributed by atoms with Crippen LogP contribution in [0.25, 0.3) is 0 Å². The Morgan fingerprint density at radius 2 is 2.17 bits per heavy atom. The Labute approximate surface area is 110 Å². The summed E-state index contributed by atoms with van der Waals surface area (Å²) in [7, 11) is 1.46. The minimum atomic E-state index is -3.82. The molecule has 0 N–H and O–H groups in total. The molecule has 1 aromatic rings. The molecule has 2 rings (SSSR count). The second kappa shape index (κ2) is 4.44. The Bertz CT molecular complexity index is 599. The molecule has 1 unspecified atom stereocenters. The van der Waals surface area contributed by atoms with E-state index in [1.165, 1.54) is 30.0 Å². The van der Waals surface area contributed by atoms with Crippen molar-refractivity contribution in [3.8, 4) is 5.75 Å². The molecule has 1 aliphatic heterocycles. The Hall–Kier alpha value is -1.27. The molecule has 0 fully saturated rings. The van der Waals surface area contributed by atoms with E-state index < -0.39 is 9.05 Å². The molecule has 0 aliphatic carbocycles. The molecular formula is C11H12ClNO4S. The Kier molecular flexibility index (Phi) is 3.25. The smallest absolute Gasteiger partial charge is 0.261 e. The number of amides is 1. The maximum Gasteiger partial charge on any atom is 0.261 e. The normalized spacial score (nSPS) is 19.1. The minimum Gasteiger partial charge on any atom is -0.487 e. The topological polar surface area (TPSA) is 63.7 Å². The maximum atomic E-state index is 11.6. The number of carbonyl (C=O) groups is 1. The van der Waals surface area contributed by atoms with Gasteiger partial charge in [0.2, 0.25) is 5.91 Å². The fraction of sp³-hybridized carbons (Fsp3) is 0.364. The van der Waals surface area contributed by atoms with Gasteiger partial charge in [-0.25, -0.2) is 8.42 Å². The SMILES string of the molecule is CC(=O)N1CC(C)Oc2ccc(S(=O)(=O)Cl)cc21. The number of nitrogens with zero attached hydrogens (tertiary/aromatic N) is 1. The lowest BCUT2D eigenvalue weighted by molar-refractivity contribution is -0.117. The van der Waals surface area contributed by atoms with Gasteiger partial charge in [0.05, 0.1) is 17.1 Å². The molecule has 98 valence electrons. The second-order valence-corrected chi connectivity index (χ2v) is 6.69. The van der Waals surface area contributed by atoms with Crippen molar-refractivity contribution in [1.29, 1.82) is 0 Å². The fourth-order valence-electron chi connectivity index (χ4n) is 1.87. The Morgan fingerprint density at radius 3 is 2.72 bits per heavy atom. The quantitative estimate of drug-likeness (QED) is 0.739. The van der Waals surface area contributed by atoms with Crippen molar-refractivity contribution in [3.63, 3.8) is 0 Å². The van der Waals surface area contributed by atoms with Gasteiger partial charge in [-0.3, -0.25) is 4.79 Å². The van der Waals surface area contributed by atoms with Gasteiger partial charge in [-0.2, -0.15) is 0 Å². The molecule has 7 heteroatoms. The van der Waals surface area contributed by atoms with E-state index in [-0.39, 0.29) is 16.9 Å². The van der Waals surface area contributed by atoms with Crippen LogP contribution in [0, 0.1) is 0 Å². The number of halogens is 1. The Morgan fingerprint density at radius 1 is 1.50 bits per heavy atom. The summed E-state index contributed by atoms with van der Waals surface area (Å²) in [6.07, 6.45) is -0.139. The van der Waals surface area contributed by atoms with Crippen LogP contribution in [0.15, 0.2) is 23.1 Å². The summed E-state index contributed by atoms with van der Waals surface area (Å²) in [5.74, 6) is 0.309. The first-order valence-electron chi connectivity index (χ1n) is 5.32. The lowest BCUT2D eigenvalue weighted by atomic mass is 10.2. The van der Waals surface area contributed by atoms with Gasteiger partial charge >= 0.3 is 0 Å². The predicted molar refractivity (Wildman–Crippen MR) is 67.6 cm³/mol. The molecule has 18 heavy (non-hydrogen) atoms. The van der Waals surface area contributed by atoms with Crippen molar-refractivity contribution < 1.29 is 17.9 Å². The van der Waals surface area contributed by atoms with Crippen LogP contribution in [0.3, 0.4) is 0 Å². The highest BCUT2D eigenvalue weighted by Crippen LogP contribution is 2.36. The molecule has 0 saturated carbocycles. The van der Waals surface area contributed by atoms with Gasteiger partial charge in [-0.15, -0.1) is 0 Å². The molecule has 0 saturated heterocycles. The second-order valence-electron chi connectivity index (χ2n) is 4.13. The molecule has 0 bridgehead atoms. The number of fused-ring (bicyclic) bond motifs is 1. The van der Waals surface area contributed by atoms with Gasteiger partial charge < -0.3 is 9.64 Å². The van der Waals surface area contributed by atoms with Crippen LogP contribution < -0.4 is 9.64 Å². The molecule has 1 amide bonds. The number of carbonyl (C=O) groups excluding carboxylic acids is 1. The van der Waals surface area contributed by atoms with Crippen molar-refractivity contribution in [1.82, 2.24) is 0 Å². The zero-order chi connectivity index (χ0) is 13.5. The number of rotatable bonds is 1. The van der Waals surface area contributed by atoms with Gasteiger partial charge in [0.1, 0.15) is 11.9 Å². The monoisotopic (exact) mass is 289 g/mol. The highest BCUT2D eigenvalue weighted by Gasteiger charge is 2.27. The van der Waals surface area contributed by atoms with Crippen LogP contribution in [0.1, 0.15) is 13.8 Å². The summed E-state index contributed by atoms with van der Waals surface area (Å²) in [5, 5.41) is 0. The zero-order valence-electron chi connectivity index (χ0n) is 9.88. The first-order valence-corrected chi connectivity index (χ1v) is 7.63. The van der Waals surface area contributed by atoms with Crippen LogP contribution in [0.5, 0.6) is 5.75 Å². The molecular weight excluding hydrogens is 278 g/mol. The highest BCUT2D eigenvalue weighted by atomic mass is 35.7. The molecule has 1 aromatic carbocycles. The molecule has 0 spiro atoms. The molecule has 1 atom stereocenters. The van der Waals surface area contributed by atoms with Gasteiger partial charge in [0.25, 0.3) is 9.05 Å². The fourth-order valence-corrected chi connectivity index (χ4v) is 2.64. The minimum absolute atomic E-state index is 0.0488. The lowest BCUT2D eigenvalue weighted by Crippen LogP contribution is -2.41. The summed E-state index contributed by atoms with van der Waals surface area (Å²) in [5.41, 5.74) is 0.433. The summed E-state index contributed by atoms with van der Waals surface area (Å²) < 4.78 is 28.1. The van der Waals surface area contributed by atoms with E-state index in [2.05, 4.69) is 0 Å². The van der Waals surface area contributed by atoms with Crippen molar-refractivity contribution >= 4 is 31.3 Å². The van der Waals surface area contributed by atoms with Crippen LogP contribution in [-0.2, 0) is 13.8 Å². The van der Waals surface area contributed by atoms with Crippen molar-refractivity contribution in [2.24, 2.45) is 0 Å². The van der Waals surface area contributed by atoms with E-state index in [9.17, 15) is 13.2 Å². The summed E-state index contributed by atoms with van der Waals surface area (Å²) in [6.45, 7) is 3.64. The van der Waals surface area contributed by atoms with Crippen LogP contribution in [-0.4, -0.2) is 27.0 Å². The van der Waals surface area contributed by atoms with Crippen molar-refractivity contribution in [2.75, 3.05) is 11.4 Å². The van der Waals surface area contributed by atoms with Gasteiger partial charge in [0.15, 0.2) is 0 Å². The number of ether oxygens (including phenoxy) is 1. The van der Waals surface area contributed by atoms with Crippen LogP contribution >= 0.6 is 10.7 Å². The van der Waals surface area contributed by atoms with Crippen LogP contribution in [0.2, 0.25) is 0 Å². The van der Waals surface area contributed by atoms with Gasteiger partial charge in [-0.05, 0) is 25.1 Å². The van der Waals surface area contributed by atoms with E-state index in [1.807, 2.05) is 6.92 Å². The van der Waals surface area contributed by atoms with E-state index in [0.717, 1.165) is 0 Å². The standard InChI is InChI=1S/C11H12ClNO4S/c1-7-6-13(8(2)14)10-5-9(18(12,15)16)3-4-11(10)17-7/h3-5,7H,6H2,1-2H3. The summed E-state index contributed by atoms with van der Waals surface area (Å²) in [6, 6.07) is 4.22. The molecule has 1 aliphatic rings. The van der Waals surface area contributed by atoms with E-state index in [4.69, 9.17) is 15.4 Å². The van der Waals surface area contributed by atoms with Gasteiger partial charge in [0, 0.05) is 17.6 Å². The highest BCUT2D eigenvalue weighted by molar-refractivity contribution is 8.13. The summed E-state index contributed by atoms with van der Waals surface area (Å²) in [4.78, 5) is 13.0. The maximum absolute atomic E-state index is 11.6. The van der Waals surface area contributed by atoms with Gasteiger partial charge in [-0.1, -0.05) is 0 Å². The number of benzene rings is 1. The molecule has 5 nitrogen and oxygen atoms in total. The first kappa shape index (κ1) is 13.2. The third kappa shape index (κ3) is 2.44. The van der Waals surface area contributed by atoms with E-state index >= 15 is 0 Å². The molecule has 1 heterocycles. The number of hydrogen-bond donors (Lipinski definition) is 0.